The Labute approximate surface area is 166 Å². The number of hydrogen-bond donors (Lipinski definition) is 1. The summed E-state index contributed by atoms with van der Waals surface area (Å²) >= 11 is 0. The summed E-state index contributed by atoms with van der Waals surface area (Å²) in [6, 6.07) is 12.7. The monoisotopic (exact) mass is 395 g/mol. The van der Waals surface area contributed by atoms with Gasteiger partial charge in [-0.25, -0.2) is 13.8 Å². The number of rotatable bonds is 4. The number of benzene rings is 1. The third kappa shape index (κ3) is 4.16. The Bertz CT molecular complexity index is 987. The zero-order valence-corrected chi connectivity index (χ0v) is 15.6. The molecule has 0 aliphatic carbocycles. The lowest BCUT2D eigenvalue weighted by Crippen LogP contribution is -2.46. The number of hydrogen-bond acceptors (Lipinski definition) is 5. The molecule has 1 aliphatic heterocycles. The van der Waals surface area contributed by atoms with Crippen LogP contribution in [0, 0.1) is 11.6 Å². The van der Waals surface area contributed by atoms with Crippen LogP contribution in [0.5, 0.6) is 0 Å². The lowest BCUT2D eigenvalue weighted by Gasteiger charge is -2.36. The standard InChI is InChI=1S/C21H19F2N5O/c22-16-4-3-5-17(23)20(16)26-21(29)18-14-15(7-9-24-18)27-10-12-28(13-11-27)19-6-1-2-8-25-19/h1-9,14H,10-13H2,(H,26,29). The van der Waals surface area contributed by atoms with E-state index in [2.05, 4.69) is 25.1 Å². The van der Waals surface area contributed by atoms with Gasteiger partial charge in [0.2, 0.25) is 0 Å². The van der Waals surface area contributed by atoms with Crippen LogP contribution < -0.4 is 15.1 Å². The first-order valence-corrected chi connectivity index (χ1v) is 9.24. The van der Waals surface area contributed by atoms with Crippen LogP contribution in [0.1, 0.15) is 10.5 Å². The Kier molecular flexibility index (Phi) is 5.33. The number of halogens is 2. The fourth-order valence-electron chi connectivity index (χ4n) is 3.27. The number of amides is 1. The summed E-state index contributed by atoms with van der Waals surface area (Å²) in [7, 11) is 0. The van der Waals surface area contributed by atoms with Crippen LogP contribution in [-0.4, -0.2) is 42.1 Å². The van der Waals surface area contributed by atoms with E-state index in [0.29, 0.717) is 0 Å². The van der Waals surface area contributed by atoms with Gasteiger partial charge in [-0.15, -0.1) is 0 Å². The molecule has 1 N–H and O–H groups in total. The largest absolute Gasteiger partial charge is 0.368 e. The molecule has 8 heteroatoms. The summed E-state index contributed by atoms with van der Waals surface area (Å²) in [6.07, 6.45) is 3.29. The quantitative estimate of drug-likeness (QED) is 0.734. The van der Waals surface area contributed by atoms with Gasteiger partial charge in [-0.05, 0) is 36.4 Å². The van der Waals surface area contributed by atoms with Crippen LogP contribution in [-0.2, 0) is 0 Å². The third-order valence-corrected chi connectivity index (χ3v) is 4.80. The van der Waals surface area contributed by atoms with E-state index in [1.165, 1.54) is 12.3 Å². The molecule has 1 aromatic carbocycles. The van der Waals surface area contributed by atoms with E-state index in [0.717, 1.165) is 49.8 Å². The second-order valence-corrected chi connectivity index (χ2v) is 6.61. The first-order chi connectivity index (χ1) is 14.1. The van der Waals surface area contributed by atoms with E-state index in [1.807, 2.05) is 24.3 Å². The number of aromatic nitrogens is 2. The van der Waals surface area contributed by atoms with E-state index in [4.69, 9.17) is 0 Å². The molecule has 1 saturated heterocycles. The molecule has 1 aliphatic rings. The van der Waals surface area contributed by atoms with Gasteiger partial charge in [0.1, 0.15) is 28.8 Å². The molecule has 1 fully saturated rings. The number of pyridine rings is 2. The van der Waals surface area contributed by atoms with Crippen molar-refractivity contribution in [2.45, 2.75) is 0 Å². The molecule has 0 spiro atoms. The highest BCUT2D eigenvalue weighted by Crippen LogP contribution is 2.22. The van der Waals surface area contributed by atoms with Crippen molar-refractivity contribution < 1.29 is 13.6 Å². The van der Waals surface area contributed by atoms with Crippen LogP contribution in [0.25, 0.3) is 0 Å². The molecular weight excluding hydrogens is 376 g/mol. The Morgan fingerprint density at radius 3 is 2.28 bits per heavy atom. The van der Waals surface area contributed by atoms with Crippen molar-refractivity contribution >= 4 is 23.1 Å². The van der Waals surface area contributed by atoms with Gasteiger partial charge in [-0.3, -0.25) is 9.78 Å². The van der Waals surface area contributed by atoms with Crippen molar-refractivity contribution in [1.29, 1.82) is 0 Å². The Morgan fingerprint density at radius 2 is 1.59 bits per heavy atom. The fourth-order valence-corrected chi connectivity index (χ4v) is 3.27. The van der Waals surface area contributed by atoms with Crippen LogP contribution in [0.3, 0.4) is 0 Å². The van der Waals surface area contributed by atoms with Crippen molar-refractivity contribution in [1.82, 2.24) is 9.97 Å². The molecule has 29 heavy (non-hydrogen) atoms. The number of carbonyl (C=O) groups is 1. The second kappa shape index (κ2) is 8.22. The molecular formula is C21H19F2N5O. The first kappa shape index (κ1) is 18.8. The van der Waals surface area contributed by atoms with E-state index < -0.39 is 23.2 Å². The SMILES string of the molecule is O=C(Nc1c(F)cccc1F)c1cc(N2CCN(c3ccccn3)CC2)ccn1. The van der Waals surface area contributed by atoms with Crippen molar-refractivity contribution in [2.24, 2.45) is 0 Å². The minimum atomic E-state index is -0.833. The smallest absolute Gasteiger partial charge is 0.274 e. The van der Waals surface area contributed by atoms with Crippen LogP contribution in [0.15, 0.2) is 60.9 Å². The lowest BCUT2D eigenvalue weighted by atomic mass is 10.2. The zero-order chi connectivity index (χ0) is 20.2. The molecule has 2 aromatic heterocycles. The van der Waals surface area contributed by atoms with E-state index in [1.54, 1.807) is 12.3 Å². The summed E-state index contributed by atoms with van der Waals surface area (Å²) in [5, 5.41) is 2.27. The Hall–Kier alpha value is -3.55. The van der Waals surface area contributed by atoms with Gasteiger partial charge in [-0.1, -0.05) is 12.1 Å². The molecule has 0 atom stereocenters. The highest BCUT2D eigenvalue weighted by atomic mass is 19.1. The van der Waals surface area contributed by atoms with E-state index in [9.17, 15) is 13.6 Å². The molecule has 0 radical (unpaired) electrons. The highest BCUT2D eigenvalue weighted by molar-refractivity contribution is 6.03. The van der Waals surface area contributed by atoms with E-state index >= 15 is 0 Å². The number of piperazine rings is 1. The number of anilines is 3. The van der Waals surface area contributed by atoms with Crippen LogP contribution in [0.4, 0.5) is 26.0 Å². The minimum Gasteiger partial charge on any atom is -0.368 e. The van der Waals surface area contributed by atoms with Gasteiger partial charge in [-0.2, -0.15) is 0 Å². The summed E-state index contributed by atoms with van der Waals surface area (Å²) in [5.41, 5.74) is 0.450. The molecule has 0 bridgehead atoms. The first-order valence-electron chi connectivity index (χ1n) is 9.24. The summed E-state index contributed by atoms with van der Waals surface area (Å²) < 4.78 is 27.6. The van der Waals surface area contributed by atoms with Gasteiger partial charge >= 0.3 is 0 Å². The molecule has 3 heterocycles. The van der Waals surface area contributed by atoms with Crippen molar-refractivity contribution in [3.8, 4) is 0 Å². The second-order valence-electron chi connectivity index (χ2n) is 6.61. The molecule has 4 rings (SSSR count). The van der Waals surface area contributed by atoms with Crippen LogP contribution >= 0.6 is 0 Å². The highest BCUT2D eigenvalue weighted by Gasteiger charge is 2.20. The van der Waals surface area contributed by atoms with Gasteiger partial charge in [0.25, 0.3) is 5.91 Å². The van der Waals surface area contributed by atoms with Crippen LogP contribution in [0.2, 0.25) is 0 Å². The molecule has 3 aromatic rings. The Balaban J connectivity index is 1.44. The van der Waals surface area contributed by atoms with Gasteiger partial charge in [0.15, 0.2) is 0 Å². The van der Waals surface area contributed by atoms with Crippen molar-refractivity contribution in [3.63, 3.8) is 0 Å². The van der Waals surface area contributed by atoms with Crippen molar-refractivity contribution in [2.75, 3.05) is 41.3 Å². The maximum Gasteiger partial charge on any atom is 0.274 e. The zero-order valence-electron chi connectivity index (χ0n) is 15.6. The average molecular weight is 395 g/mol. The van der Waals surface area contributed by atoms with Crippen molar-refractivity contribution in [3.05, 3.63) is 78.3 Å². The number of nitrogens with one attached hydrogen (secondary N) is 1. The van der Waals surface area contributed by atoms with E-state index in [-0.39, 0.29) is 5.69 Å². The summed E-state index contributed by atoms with van der Waals surface area (Å²) in [6.45, 7) is 3.09. The van der Waals surface area contributed by atoms with Gasteiger partial charge < -0.3 is 15.1 Å². The maximum atomic E-state index is 13.8. The molecule has 6 nitrogen and oxygen atoms in total. The fraction of sp³-hybridized carbons (Fsp3) is 0.190. The molecule has 148 valence electrons. The summed E-state index contributed by atoms with van der Waals surface area (Å²) in [4.78, 5) is 25.2. The topological polar surface area (TPSA) is 61.4 Å². The predicted molar refractivity (Wildman–Crippen MR) is 107 cm³/mol. The number of carbonyl (C=O) groups excluding carboxylic acids is 1. The molecule has 0 saturated carbocycles. The number of para-hydroxylation sites is 1. The molecule has 0 unspecified atom stereocenters. The number of nitrogens with zero attached hydrogens (tertiary/aromatic N) is 4. The average Bonchev–Trinajstić information content (AvgIpc) is 2.77. The third-order valence-electron chi connectivity index (χ3n) is 4.80. The lowest BCUT2D eigenvalue weighted by molar-refractivity contribution is 0.102. The van der Waals surface area contributed by atoms with Gasteiger partial charge in [0, 0.05) is 44.3 Å². The predicted octanol–water partition coefficient (Wildman–Crippen LogP) is 3.33. The normalized spacial score (nSPS) is 14.0. The van der Waals surface area contributed by atoms with Gasteiger partial charge in [0.05, 0.1) is 0 Å². The minimum absolute atomic E-state index is 0.0947. The summed E-state index contributed by atoms with van der Waals surface area (Å²) in [5.74, 6) is -1.39. The Morgan fingerprint density at radius 1 is 0.862 bits per heavy atom. The maximum absolute atomic E-state index is 13.8. The molecule has 1 amide bonds.